The normalized spacial score (nSPS) is 23.4. The van der Waals surface area contributed by atoms with E-state index in [4.69, 9.17) is 16.3 Å². The molecule has 0 aromatic heterocycles. The van der Waals surface area contributed by atoms with E-state index in [1.165, 1.54) is 0 Å². The average molecular weight is 282 g/mol. The Morgan fingerprint density at radius 1 is 1.42 bits per heavy atom. The lowest BCUT2D eigenvalue weighted by Crippen LogP contribution is -2.42. The molecular weight excluding hydrogens is 262 g/mol. The van der Waals surface area contributed by atoms with Crippen molar-refractivity contribution in [2.75, 3.05) is 13.1 Å². The fraction of sp³-hybridized carbons (Fsp3) is 0.533. The molecule has 1 aromatic rings. The van der Waals surface area contributed by atoms with Crippen LogP contribution in [-0.2, 0) is 14.9 Å². The molecule has 4 heteroatoms. The fourth-order valence-corrected chi connectivity index (χ4v) is 2.58. The van der Waals surface area contributed by atoms with Gasteiger partial charge in [0, 0.05) is 11.6 Å². The predicted octanol–water partition coefficient (Wildman–Crippen LogP) is 2.91. The number of benzene rings is 1. The highest BCUT2D eigenvalue weighted by molar-refractivity contribution is 6.30. The van der Waals surface area contributed by atoms with Gasteiger partial charge in [-0.25, -0.2) is 0 Å². The number of ether oxygens (including phenoxy) is 1. The maximum atomic E-state index is 12.6. The van der Waals surface area contributed by atoms with Crippen LogP contribution in [-0.4, -0.2) is 24.7 Å². The number of hydrogen-bond acceptors (Lipinski definition) is 3. The van der Waals surface area contributed by atoms with Crippen molar-refractivity contribution in [3.8, 4) is 0 Å². The van der Waals surface area contributed by atoms with Gasteiger partial charge in [0.15, 0.2) is 0 Å². The largest absolute Gasteiger partial charge is 0.459 e. The maximum absolute atomic E-state index is 12.6. The van der Waals surface area contributed by atoms with Gasteiger partial charge in [-0.05, 0) is 51.4 Å². The zero-order valence-electron chi connectivity index (χ0n) is 11.6. The van der Waals surface area contributed by atoms with Gasteiger partial charge in [-0.1, -0.05) is 23.7 Å². The molecule has 1 aromatic carbocycles. The summed E-state index contributed by atoms with van der Waals surface area (Å²) in [4.78, 5) is 12.6. The molecule has 0 saturated carbocycles. The van der Waals surface area contributed by atoms with Gasteiger partial charge in [0.25, 0.3) is 0 Å². The van der Waals surface area contributed by atoms with Crippen molar-refractivity contribution >= 4 is 17.6 Å². The van der Waals surface area contributed by atoms with Crippen LogP contribution in [0, 0.1) is 0 Å². The Morgan fingerprint density at radius 3 is 2.68 bits per heavy atom. The summed E-state index contributed by atoms with van der Waals surface area (Å²) >= 11 is 6.05. The van der Waals surface area contributed by atoms with Crippen LogP contribution < -0.4 is 5.32 Å². The van der Waals surface area contributed by atoms with Crippen LogP contribution in [0.15, 0.2) is 24.3 Å². The Bertz CT molecular complexity index is 473. The molecular formula is C15H20ClNO2. The second-order valence-corrected chi connectivity index (χ2v) is 6.46. The minimum Gasteiger partial charge on any atom is -0.459 e. The first-order chi connectivity index (χ1) is 8.83. The zero-order chi connectivity index (χ0) is 14.1. The van der Waals surface area contributed by atoms with Crippen LogP contribution in [0.4, 0.5) is 0 Å². The molecule has 1 aliphatic rings. The van der Waals surface area contributed by atoms with E-state index in [1.807, 2.05) is 45.0 Å². The maximum Gasteiger partial charge on any atom is 0.318 e. The molecule has 104 valence electrons. The Hall–Kier alpha value is -1.06. The lowest BCUT2D eigenvalue weighted by molar-refractivity contribution is -0.161. The quantitative estimate of drug-likeness (QED) is 0.847. The second-order valence-electron chi connectivity index (χ2n) is 6.02. The number of carbonyl (C=O) groups excluding carboxylic acids is 1. The summed E-state index contributed by atoms with van der Waals surface area (Å²) in [5.41, 5.74) is -0.164. The Morgan fingerprint density at radius 2 is 2.16 bits per heavy atom. The van der Waals surface area contributed by atoms with Crippen molar-refractivity contribution in [2.45, 2.75) is 38.2 Å². The highest BCUT2D eigenvalue weighted by atomic mass is 35.5. The Labute approximate surface area is 119 Å². The summed E-state index contributed by atoms with van der Waals surface area (Å²) in [6.07, 6.45) is 0.738. The second kappa shape index (κ2) is 5.14. The van der Waals surface area contributed by atoms with Gasteiger partial charge in [-0.15, -0.1) is 0 Å². The van der Waals surface area contributed by atoms with Gasteiger partial charge in [-0.2, -0.15) is 0 Å². The van der Waals surface area contributed by atoms with E-state index < -0.39 is 11.0 Å². The number of esters is 1. The molecule has 1 fully saturated rings. The van der Waals surface area contributed by atoms with E-state index >= 15 is 0 Å². The molecule has 0 spiro atoms. The van der Waals surface area contributed by atoms with Gasteiger partial charge in [-0.3, -0.25) is 4.79 Å². The summed E-state index contributed by atoms with van der Waals surface area (Å²) in [5, 5.41) is 3.90. The fourth-order valence-electron chi connectivity index (χ4n) is 2.39. The van der Waals surface area contributed by atoms with Crippen molar-refractivity contribution in [1.82, 2.24) is 5.32 Å². The van der Waals surface area contributed by atoms with Crippen LogP contribution >= 0.6 is 11.6 Å². The van der Waals surface area contributed by atoms with E-state index in [-0.39, 0.29) is 5.97 Å². The minimum atomic E-state index is -0.613. The minimum absolute atomic E-state index is 0.174. The van der Waals surface area contributed by atoms with Crippen molar-refractivity contribution < 1.29 is 9.53 Å². The molecule has 1 saturated heterocycles. The van der Waals surface area contributed by atoms with Crippen LogP contribution in [0.5, 0.6) is 0 Å². The van der Waals surface area contributed by atoms with Crippen LogP contribution in [0.3, 0.4) is 0 Å². The lowest BCUT2D eigenvalue weighted by Gasteiger charge is -2.31. The third-order valence-corrected chi connectivity index (χ3v) is 3.56. The molecule has 0 aliphatic carbocycles. The molecule has 1 unspecified atom stereocenters. The smallest absolute Gasteiger partial charge is 0.318 e. The van der Waals surface area contributed by atoms with E-state index in [0.29, 0.717) is 11.6 Å². The Kier molecular flexibility index (Phi) is 3.88. The summed E-state index contributed by atoms with van der Waals surface area (Å²) in [6, 6.07) is 7.50. The number of rotatable bonds is 2. The van der Waals surface area contributed by atoms with E-state index in [0.717, 1.165) is 18.5 Å². The van der Waals surface area contributed by atoms with Gasteiger partial charge >= 0.3 is 5.97 Å². The molecule has 1 heterocycles. The third-order valence-electron chi connectivity index (χ3n) is 3.32. The SMILES string of the molecule is CC(C)(C)OC(=O)C1(c2cccc(Cl)c2)CCNC1. The first-order valence-electron chi connectivity index (χ1n) is 6.54. The average Bonchev–Trinajstić information content (AvgIpc) is 2.76. The molecule has 0 amide bonds. The van der Waals surface area contributed by atoms with Crippen molar-refractivity contribution in [1.29, 1.82) is 0 Å². The third kappa shape index (κ3) is 3.10. The zero-order valence-corrected chi connectivity index (χ0v) is 12.4. The summed E-state index contributed by atoms with van der Waals surface area (Å²) < 4.78 is 5.60. The molecule has 2 rings (SSSR count). The Balaban J connectivity index is 2.36. The van der Waals surface area contributed by atoms with Crippen LogP contribution in [0.25, 0.3) is 0 Å². The molecule has 3 nitrogen and oxygen atoms in total. The first-order valence-corrected chi connectivity index (χ1v) is 6.91. The highest BCUT2D eigenvalue weighted by Crippen LogP contribution is 2.34. The van der Waals surface area contributed by atoms with Gasteiger partial charge in [0.05, 0.1) is 0 Å². The van der Waals surface area contributed by atoms with Crippen molar-refractivity contribution in [2.24, 2.45) is 0 Å². The van der Waals surface area contributed by atoms with E-state index in [1.54, 1.807) is 0 Å². The van der Waals surface area contributed by atoms with Gasteiger partial charge in [0.2, 0.25) is 0 Å². The molecule has 1 N–H and O–H groups in total. The standard InChI is InChI=1S/C15H20ClNO2/c1-14(2,3)19-13(18)15(7-8-17-10-15)11-5-4-6-12(16)9-11/h4-6,9,17H,7-8,10H2,1-3H3. The van der Waals surface area contributed by atoms with Crippen LogP contribution in [0.2, 0.25) is 5.02 Å². The van der Waals surface area contributed by atoms with E-state index in [2.05, 4.69) is 5.32 Å². The van der Waals surface area contributed by atoms with Gasteiger partial charge in [0.1, 0.15) is 11.0 Å². The summed E-state index contributed by atoms with van der Waals surface area (Å²) in [7, 11) is 0. The predicted molar refractivity (Wildman–Crippen MR) is 76.5 cm³/mol. The lowest BCUT2D eigenvalue weighted by atomic mass is 9.79. The molecule has 1 aliphatic heterocycles. The summed E-state index contributed by atoms with van der Waals surface area (Å²) in [6.45, 7) is 7.07. The molecule has 0 bridgehead atoms. The first kappa shape index (κ1) is 14.4. The number of halogens is 1. The van der Waals surface area contributed by atoms with Crippen molar-refractivity contribution in [3.63, 3.8) is 0 Å². The topological polar surface area (TPSA) is 38.3 Å². The number of carbonyl (C=O) groups is 1. The van der Waals surface area contributed by atoms with Crippen LogP contribution in [0.1, 0.15) is 32.8 Å². The monoisotopic (exact) mass is 281 g/mol. The van der Waals surface area contributed by atoms with E-state index in [9.17, 15) is 4.79 Å². The molecule has 19 heavy (non-hydrogen) atoms. The number of hydrogen-bond donors (Lipinski definition) is 1. The van der Waals surface area contributed by atoms with Crippen molar-refractivity contribution in [3.05, 3.63) is 34.9 Å². The number of nitrogens with one attached hydrogen (secondary N) is 1. The van der Waals surface area contributed by atoms with Gasteiger partial charge < -0.3 is 10.1 Å². The molecule has 1 atom stereocenters. The summed E-state index contributed by atoms with van der Waals surface area (Å²) in [5.74, 6) is -0.174. The molecule has 0 radical (unpaired) electrons. The highest BCUT2D eigenvalue weighted by Gasteiger charge is 2.45.